The van der Waals surface area contributed by atoms with Crippen molar-refractivity contribution in [1.82, 2.24) is 0 Å². The van der Waals surface area contributed by atoms with Crippen molar-refractivity contribution in [1.29, 1.82) is 0 Å². The van der Waals surface area contributed by atoms with E-state index in [0.29, 0.717) is 11.1 Å². The first-order valence-electron chi connectivity index (χ1n) is 14.4. The Morgan fingerprint density at radius 2 is 1.62 bits per heavy atom. The van der Waals surface area contributed by atoms with E-state index in [2.05, 4.69) is 6.92 Å². The molecule has 0 spiro atoms. The second-order valence-electron chi connectivity index (χ2n) is 14.0. The van der Waals surface area contributed by atoms with Crippen molar-refractivity contribution < 1.29 is 39.9 Å². The molecule has 0 radical (unpaired) electrons. The summed E-state index contributed by atoms with van der Waals surface area (Å²) in [7, 11) is 0. The lowest BCUT2D eigenvalue weighted by atomic mass is 9.36. The lowest BCUT2D eigenvalue weighted by Crippen LogP contribution is -2.83. The summed E-state index contributed by atoms with van der Waals surface area (Å²) in [5.41, 5.74) is 0.376. The molecule has 1 aromatic carbocycles. The first-order chi connectivity index (χ1) is 18.4. The van der Waals surface area contributed by atoms with E-state index in [0.717, 1.165) is 25.7 Å². The van der Waals surface area contributed by atoms with E-state index in [1.54, 1.807) is 27.7 Å². The maximum absolute atomic E-state index is 14.4. The molecule has 0 aromatic heterocycles. The van der Waals surface area contributed by atoms with Crippen molar-refractivity contribution >= 4 is 17.5 Å². The van der Waals surface area contributed by atoms with Crippen molar-refractivity contribution in [2.45, 2.75) is 102 Å². The molecule has 3 fully saturated rings. The number of phenols is 1. The number of primary amides is 1. The number of benzene rings is 1. The van der Waals surface area contributed by atoms with E-state index in [1.807, 2.05) is 12.1 Å². The zero-order valence-electron chi connectivity index (χ0n) is 24.1. The number of aliphatic hydroxyl groups excluding tert-OH is 3. The SMILES string of the molecule is CC(C)[C@H]1C(O)[C@@H](C(N)=O)C(=O)[C@]2(O)C(O)[C@H]3C(=O)c4c(ccc(C5(C)CCCC5)c4O)[C@@H](C)[C@]3(C)[C@@H](O)[C@]12C. The first-order valence-corrected chi connectivity index (χ1v) is 14.4. The summed E-state index contributed by atoms with van der Waals surface area (Å²) < 4.78 is 0. The molecule has 5 rings (SSSR count). The van der Waals surface area contributed by atoms with Crippen LogP contribution in [0.2, 0.25) is 0 Å². The molecule has 0 heterocycles. The highest BCUT2D eigenvalue weighted by Gasteiger charge is 2.80. The summed E-state index contributed by atoms with van der Waals surface area (Å²) in [5, 5.41) is 59.3. The lowest BCUT2D eigenvalue weighted by molar-refractivity contribution is -0.306. The minimum absolute atomic E-state index is 0.0363. The predicted molar refractivity (Wildman–Crippen MR) is 145 cm³/mol. The Morgan fingerprint density at radius 3 is 2.15 bits per heavy atom. The molecule has 2 unspecified atom stereocenters. The zero-order chi connectivity index (χ0) is 29.9. The van der Waals surface area contributed by atoms with Crippen molar-refractivity contribution in [2.75, 3.05) is 0 Å². The van der Waals surface area contributed by atoms with Crippen LogP contribution in [0, 0.1) is 34.5 Å². The van der Waals surface area contributed by atoms with Crippen LogP contribution >= 0.6 is 0 Å². The maximum atomic E-state index is 14.4. The quantitative estimate of drug-likeness (QED) is 0.305. The third kappa shape index (κ3) is 3.15. The van der Waals surface area contributed by atoms with Crippen molar-refractivity contribution in [3.63, 3.8) is 0 Å². The van der Waals surface area contributed by atoms with E-state index in [9.17, 15) is 39.9 Å². The van der Waals surface area contributed by atoms with Gasteiger partial charge in [0.1, 0.15) is 17.8 Å². The Morgan fingerprint density at radius 1 is 1.05 bits per heavy atom. The molecule has 9 heteroatoms. The van der Waals surface area contributed by atoms with Crippen LogP contribution in [0.25, 0.3) is 0 Å². The molecule has 1 aromatic rings. The molecule has 220 valence electrons. The molecule has 0 saturated heterocycles. The van der Waals surface area contributed by atoms with Gasteiger partial charge in [0.2, 0.25) is 5.91 Å². The average Bonchev–Trinajstić information content (AvgIpc) is 3.31. The highest BCUT2D eigenvalue weighted by atomic mass is 16.4. The average molecular weight is 558 g/mol. The molecular formula is C31H43NO8. The van der Waals surface area contributed by atoms with E-state index >= 15 is 0 Å². The largest absolute Gasteiger partial charge is 0.507 e. The molecule has 4 aliphatic rings. The number of aliphatic hydroxyl groups is 4. The Bertz CT molecular complexity index is 1290. The normalized spacial score (nSPS) is 44.2. The first kappa shape index (κ1) is 29.2. The van der Waals surface area contributed by atoms with E-state index in [4.69, 9.17) is 5.73 Å². The summed E-state index contributed by atoms with van der Waals surface area (Å²) in [4.78, 5) is 40.7. The number of hydrogen-bond donors (Lipinski definition) is 6. The lowest BCUT2D eigenvalue weighted by Gasteiger charge is -2.69. The van der Waals surface area contributed by atoms with Crippen LogP contribution < -0.4 is 5.73 Å². The Hall–Kier alpha value is -2.33. The van der Waals surface area contributed by atoms with Crippen LogP contribution in [0.5, 0.6) is 5.75 Å². The van der Waals surface area contributed by atoms with Crippen LogP contribution in [0.4, 0.5) is 0 Å². The van der Waals surface area contributed by atoms with Crippen LogP contribution in [0.15, 0.2) is 12.1 Å². The highest BCUT2D eigenvalue weighted by Crippen LogP contribution is 2.68. The Labute approximate surface area is 234 Å². The monoisotopic (exact) mass is 557 g/mol. The summed E-state index contributed by atoms with van der Waals surface area (Å²) in [5.74, 6) is -8.60. The number of nitrogens with two attached hydrogens (primary N) is 1. The number of fused-ring (bicyclic) bond motifs is 3. The van der Waals surface area contributed by atoms with Crippen molar-refractivity contribution in [3.05, 3.63) is 28.8 Å². The van der Waals surface area contributed by atoms with Gasteiger partial charge in [-0.3, -0.25) is 14.4 Å². The summed E-state index contributed by atoms with van der Waals surface area (Å²) >= 11 is 0. The van der Waals surface area contributed by atoms with Gasteiger partial charge in [0.05, 0.1) is 23.7 Å². The highest BCUT2D eigenvalue weighted by molar-refractivity contribution is 6.09. The molecular weight excluding hydrogens is 514 g/mol. The van der Waals surface area contributed by atoms with Crippen molar-refractivity contribution in [2.24, 2.45) is 40.2 Å². The number of amides is 1. The molecule has 1 amide bonds. The van der Waals surface area contributed by atoms with Gasteiger partial charge in [0, 0.05) is 16.4 Å². The van der Waals surface area contributed by atoms with Gasteiger partial charge < -0.3 is 31.3 Å². The second kappa shape index (κ2) is 8.84. The van der Waals surface area contributed by atoms with E-state index < -0.39 is 81.8 Å². The summed E-state index contributed by atoms with van der Waals surface area (Å²) in [6.45, 7) is 10.4. The van der Waals surface area contributed by atoms with Gasteiger partial charge in [0.15, 0.2) is 17.2 Å². The van der Waals surface area contributed by atoms with E-state index in [-0.39, 0.29) is 16.7 Å². The smallest absolute Gasteiger partial charge is 0.230 e. The number of carbonyl (C=O) groups is 3. The Balaban J connectivity index is 1.76. The summed E-state index contributed by atoms with van der Waals surface area (Å²) in [6.07, 6.45) is -1.52. The molecule has 10 atom stereocenters. The van der Waals surface area contributed by atoms with Crippen LogP contribution in [0.1, 0.15) is 94.6 Å². The molecule has 9 nitrogen and oxygen atoms in total. The maximum Gasteiger partial charge on any atom is 0.230 e. The number of carbonyl (C=O) groups excluding carboxylic acids is 3. The minimum atomic E-state index is -2.78. The fraction of sp³-hybridized carbons (Fsp3) is 0.710. The molecule has 3 saturated carbocycles. The van der Waals surface area contributed by atoms with Gasteiger partial charge in [-0.1, -0.05) is 66.5 Å². The van der Waals surface area contributed by atoms with Gasteiger partial charge in [-0.25, -0.2) is 0 Å². The number of hydrogen-bond acceptors (Lipinski definition) is 8. The van der Waals surface area contributed by atoms with Gasteiger partial charge in [-0.2, -0.15) is 0 Å². The number of Topliss-reactive ketones (excluding diaryl/α,β-unsaturated/α-hetero) is 2. The van der Waals surface area contributed by atoms with E-state index in [1.165, 1.54) is 6.92 Å². The molecule has 7 N–H and O–H groups in total. The molecule has 40 heavy (non-hydrogen) atoms. The Kier molecular flexibility index (Phi) is 6.44. The van der Waals surface area contributed by atoms with Gasteiger partial charge in [0.25, 0.3) is 0 Å². The third-order valence-corrected chi connectivity index (χ3v) is 12.0. The minimum Gasteiger partial charge on any atom is -0.507 e. The number of aromatic hydroxyl groups is 1. The zero-order valence-corrected chi connectivity index (χ0v) is 24.1. The number of ketones is 2. The van der Waals surface area contributed by atoms with Gasteiger partial charge >= 0.3 is 0 Å². The predicted octanol–water partition coefficient (Wildman–Crippen LogP) is 1.94. The number of rotatable bonds is 3. The van der Waals surface area contributed by atoms with Crippen molar-refractivity contribution in [3.8, 4) is 5.75 Å². The third-order valence-electron chi connectivity index (χ3n) is 12.0. The molecule has 0 bridgehead atoms. The van der Waals surface area contributed by atoms with Gasteiger partial charge in [-0.15, -0.1) is 0 Å². The van der Waals surface area contributed by atoms with Crippen LogP contribution in [-0.4, -0.2) is 66.9 Å². The topological polar surface area (TPSA) is 178 Å². The van der Waals surface area contributed by atoms with Crippen LogP contribution in [-0.2, 0) is 15.0 Å². The van der Waals surface area contributed by atoms with Crippen LogP contribution in [0.3, 0.4) is 0 Å². The molecule has 4 aliphatic carbocycles. The fourth-order valence-corrected chi connectivity index (χ4v) is 9.67. The summed E-state index contributed by atoms with van der Waals surface area (Å²) in [6, 6.07) is 3.66. The molecule has 0 aliphatic heterocycles. The van der Waals surface area contributed by atoms with Gasteiger partial charge in [-0.05, 0) is 41.6 Å². The second-order valence-corrected chi connectivity index (χ2v) is 14.0. The number of phenolic OH excluding ortho intramolecular Hbond substituents is 1. The standard InChI is InChI=1S/C31H43NO8/c1-13(2)19-23(35)18(26(32)38)24(36)31(40)25(37)20-22(34)17-15(14(3)29(20,5)27(39)30(19,31)6)9-10-16(21(17)33)28(4)11-7-8-12-28/h9-10,13-14,18-20,23,25,27,33,35,37,39-40H,7-8,11-12H2,1-6H3,(H2,32,38)/t14-,18-,19+,20-,23?,25?,27-,29+,30+,31+/m1/s1. The fourth-order valence-electron chi connectivity index (χ4n) is 9.67.